The summed E-state index contributed by atoms with van der Waals surface area (Å²) in [5.74, 6) is -1.35. The van der Waals surface area contributed by atoms with Crippen LogP contribution in [0.25, 0.3) is 0 Å². The number of methoxy groups -OCH3 is 1. The standard InChI is InChI=1S/C19H19ClN2O4/c1-11(21)15(10-18(23)24)16-9-14(26-2)7-8-17(16)22-19(25)12-3-5-13(20)6-4-12/h3-9,15,21H,10H2,1-2H3,(H,22,25)(H,23,24)/p+1. The molecule has 0 aliphatic carbocycles. The second kappa shape index (κ2) is 8.49. The lowest BCUT2D eigenvalue weighted by molar-refractivity contribution is -0.139. The minimum absolute atomic E-state index is 0.195. The van der Waals surface area contributed by atoms with E-state index in [2.05, 4.69) is 5.32 Å². The van der Waals surface area contributed by atoms with Crippen molar-refractivity contribution in [3.05, 3.63) is 58.6 Å². The fourth-order valence-electron chi connectivity index (χ4n) is 2.56. The second-order valence-corrected chi connectivity index (χ2v) is 6.25. The molecule has 0 fully saturated rings. The third kappa shape index (κ3) is 4.83. The van der Waals surface area contributed by atoms with Gasteiger partial charge in [0.05, 0.1) is 19.4 Å². The number of aliphatic carboxylic acids is 1. The average Bonchev–Trinajstić information content (AvgIpc) is 2.60. The predicted octanol–water partition coefficient (Wildman–Crippen LogP) is 2.38. The first-order valence-corrected chi connectivity index (χ1v) is 8.25. The normalized spacial score (nSPS) is 11.5. The molecule has 0 saturated heterocycles. The molecule has 1 amide bonds. The Labute approximate surface area is 156 Å². The summed E-state index contributed by atoms with van der Waals surface area (Å²) in [6, 6.07) is 11.5. The number of halogens is 1. The highest BCUT2D eigenvalue weighted by atomic mass is 35.5. The van der Waals surface area contributed by atoms with E-state index < -0.39 is 11.9 Å². The van der Waals surface area contributed by atoms with Gasteiger partial charge in [-0.3, -0.25) is 15.0 Å². The van der Waals surface area contributed by atoms with Gasteiger partial charge in [-0.25, -0.2) is 0 Å². The Hall–Kier alpha value is -2.86. The van der Waals surface area contributed by atoms with E-state index in [1.165, 1.54) is 7.11 Å². The molecule has 0 aliphatic heterocycles. The third-order valence-electron chi connectivity index (χ3n) is 3.92. The van der Waals surface area contributed by atoms with Crippen LogP contribution in [0.4, 0.5) is 5.69 Å². The third-order valence-corrected chi connectivity index (χ3v) is 4.17. The number of benzene rings is 2. The summed E-state index contributed by atoms with van der Waals surface area (Å²) in [5, 5.41) is 18.5. The van der Waals surface area contributed by atoms with Gasteiger partial charge in [-0.05, 0) is 48.0 Å². The molecule has 1 unspecified atom stereocenters. The molecular weight excluding hydrogens is 356 g/mol. The molecule has 4 N–H and O–H groups in total. The Bertz CT molecular complexity index is 834. The zero-order valence-corrected chi connectivity index (χ0v) is 15.2. The van der Waals surface area contributed by atoms with Crippen LogP contribution in [0.5, 0.6) is 5.75 Å². The first kappa shape index (κ1) is 19.5. The maximum Gasteiger partial charge on any atom is 0.304 e. The van der Waals surface area contributed by atoms with Gasteiger partial charge < -0.3 is 15.2 Å². The number of rotatable bonds is 7. The average molecular weight is 376 g/mol. The van der Waals surface area contributed by atoms with E-state index in [0.29, 0.717) is 33.3 Å². The van der Waals surface area contributed by atoms with Crippen LogP contribution in [0, 0.1) is 0 Å². The van der Waals surface area contributed by atoms with Gasteiger partial charge in [-0.1, -0.05) is 11.6 Å². The van der Waals surface area contributed by atoms with Crippen LogP contribution in [0.1, 0.15) is 35.2 Å². The predicted molar refractivity (Wildman–Crippen MR) is 100.0 cm³/mol. The maximum absolute atomic E-state index is 12.5. The molecule has 2 aromatic rings. The van der Waals surface area contributed by atoms with Gasteiger partial charge in [0.15, 0.2) is 5.71 Å². The van der Waals surface area contributed by atoms with E-state index in [0.717, 1.165) is 0 Å². The van der Waals surface area contributed by atoms with Crippen LogP contribution in [-0.4, -0.2) is 29.8 Å². The van der Waals surface area contributed by atoms with E-state index in [1.807, 2.05) is 0 Å². The van der Waals surface area contributed by atoms with Crippen molar-refractivity contribution in [2.75, 3.05) is 12.4 Å². The van der Waals surface area contributed by atoms with Gasteiger partial charge in [0.25, 0.3) is 5.91 Å². The molecular formula is C19H20ClN2O4+. The fourth-order valence-corrected chi connectivity index (χ4v) is 2.68. The Morgan fingerprint density at radius 1 is 1.23 bits per heavy atom. The summed E-state index contributed by atoms with van der Waals surface area (Å²) in [6.45, 7) is 1.65. The van der Waals surface area contributed by atoms with E-state index >= 15 is 0 Å². The second-order valence-electron chi connectivity index (χ2n) is 5.81. The van der Waals surface area contributed by atoms with E-state index in [1.54, 1.807) is 49.4 Å². The van der Waals surface area contributed by atoms with Crippen LogP contribution in [0.2, 0.25) is 5.02 Å². The summed E-state index contributed by atoms with van der Waals surface area (Å²) in [4.78, 5) is 23.7. The summed E-state index contributed by atoms with van der Waals surface area (Å²) in [5.41, 5.74) is 1.91. The SMILES string of the molecule is COc1ccc(NC(=O)c2ccc(Cl)cc2)c(C(CC(=O)O)C(C)=[NH2+])c1. The van der Waals surface area contributed by atoms with Crippen molar-refractivity contribution in [2.24, 2.45) is 0 Å². The number of anilines is 1. The van der Waals surface area contributed by atoms with E-state index in [-0.39, 0.29) is 12.3 Å². The summed E-state index contributed by atoms with van der Waals surface area (Å²) >= 11 is 5.84. The molecule has 2 rings (SSSR count). The molecule has 26 heavy (non-hydrogen) atoms. The highest BCUT2D eigenvalue weighted by Gasteiger charge is 2.25. The summed E-state index contributed by atoms with van der Waals surface area (Å²) < 4.78 is 5.22. The number of carbonyl (C=O) groups is 2. The highest BCUT2D eigenvalue weighted by molar-refractivity contribution is 6.30. The zero-order chi connectivity index (χ0) is 19.3. The Morgan fingerprint density at radius 2 is 1.88 bits per heavy atom. The molecule has 136 valence electrons. The first-order valence-electron chi connectivity index (χ1n) is 7.87. The fraction of sp³-hybridized carbons (Fsp3) is 0.211. The molecule has 0 spiro atoms. The minimum atomic E-state index is -0.988. The topological polar surface area (TPSA) is 101 Å². The molecule has 0 saturated carbocycles. The number of carboxylic acid groups (broad SMARTS) is 1. The van der Waals surface area contributed by atoms with Gasteiger partial charge in [-0.2, -0.15) is 0 Å². The number of hydrogen-bond donors (Lipinski definition) is 3. The lowest BCUT2D eigenvalue weighted by Gasteiger charge is -2.18. The number of ether oxygens (including phenoxy) is 1. The van der Waals surface area contributed by atoms with Crippen molar-refractivity contribution in [3.8, 4) is 5.75 Å². The smallest absolute Gasteiger partial charge is 0.304 e. The molecule has 6 nitrogen and oxygen atoms in total. The Morgan fingerprint density at radius 3 is 2.42 bits per heavy atom. The Kier molecular flexibility index (Phi) is 6.36. The lowest BCUT2D eigenvalue weighted by atomic mass is 9.90. The molecule has 7 heteroatoms. The number of carboxylic acids is 1. The van der Waals surface area contributed by atoms with Crippen LogP contribution in [0.15, 0.2) is 42.5 Å². The number of hydrogen-bond acceptors (Lipinski definition) is 3. The van der Waals surface area contributed by atoms with Crippen molar-refractivity contribution in [1.82, 2.24) is 0 Å². The van der Waals surface area contributed by atoms with Crippen molar-refractivity contribution in [1.29, 1.82) is 0 Å². The molecule has 1 atom stereocenters. The molecule has 0 radical (unpaired) electrons. The van der Waals surface area contributed by atoms with Crippen LogP contribution in [-0.2, 0) is 4.79 Å². The Balaban J connectivity index is 2.40. The largest absolute Gasteiger partial charge is 0.497 e. The monoisotopic (exact) mass is 375 g/mol. The molecule has 2 aromatic carbocycles. The van der Waals surface area contributed by atoms with Gasteiger partial charge in [-0.15, -0.1) is 0 Å². The molecule has 0 heterocycles. The number of amides is 1. The summed E-state index contributed by atoms with van der Waals surface area (Å²) in [6.07, 6.45) is -0.195. The maximum atomic E-state index is 12.5. The van der Waals surface area contributed by atoms with Gasteiger partial charge in [0.2, 0.25) is 0 Å². The molecule has 0 aliphatic rings. The van der Waals surface area contributed by atoms with Crippen LogP contribution in [0.3, 0.4) is 0 Å². The van der Waals surface area contributed by atoms with Crippen molar-refractivity contribution in [3.63, 3.8) is 0 Å². The van der Waals surface area contributed by atoms with Crippen LogP contribution >= 0.6 is 11.6 Å². The number of nitrogens with two attached hydrogens (primary N) is 1. The van der Waals surface area contributed by atoms with Gasteiger partial charge in [0.1, 0.15) is 5.75 Å². The zero-order valence-electron chi connectivity index (χ0n) is 14.5. The number of nitrogens with one attached hydrogen (secondary N) is 1. The first-order chi connectivity index (χ1) is 12.3. The van der Waals surface area contributed by atoms with E-state index in [4.69, 9.17) is 21.7 Å². The van der Waals surface area contributed by atoms with Crippen molar-refractivity contribution in [2.45, 2.75) is 19.3 Å². The van der Waals surface area contributed by atoms with E-state index in [9.17, 15) is 14.7 Å². The minimum Gasteiger partial charge on any atom is -0.497 e. The van der Waals surface area contributed by atoms with Gasteiger partial charge in [0, 0.05) is 23.2 Å². The summed E-state index contributed by atoms with van der Waals surface area (Å²) in [7, 11) is 1.51. The highest BCUT2D eigenvalue weighted by Crippen LogP contribution is 2.31. The lowest BCUT2D eigenvalue weighted by Crippen LogP contribution is -2.42. The number of carbonyl (C=O) groups excluding carboxylic acids is 1. The molecule has 0 bridgehead atoms. The molecule has 0 aromatic heterocycles. The quantitative estimate of drug-likeness (QED) is 0.646. The van der Waals surface area contributed by atoms with Crippen LogP contribution < -0.4 is 15.5 Å². The van der Waals surface area contributed by atoms with Crippen molar-refractivity contribution < 1.29 is 24.8 Å². The van der Waals surface area contributed by atoms with Crippen molar-refractivity contribution >= 4 is 34.9 Å². The van der Waals surface area contributed by atoms with Gasteiger partial charge >= 0.3 is 5.97 Å².